The van der Waals surface area contributed by atoms with Gasteiger partial charge in [0.1, 0.15) is 5.82 Å². The molecule has 102 valence electrons. The Bertz CT molecular complexity index is 521. The molecule has 3 nitrogen and oxygen atoms in total. The van der Waals surface area contributed by atoms with Crippen LogP contribution < -0.4 is 5.32 Å². The van der Waals surface area contributed by atoms with Crippen molar-refractivity contribution in [3.8, 4) is 0 Å². The lowest BCUT2D eigenvalue weighted by Gasteiger charge is -2.21. The van der Waals surface area contributed by atoms with Crippen LogP contribution in [0.4, 0.5) is 0 Å². The van der Waals surface area contributed by atoms with E-state index in [-0.39, 0.29) is 5.54 Å². The number of rotatable bonds is 4. The monoisotopic (exact) mass is 257 g/mol. The van der Waals surface area contributed by atoms with Crippen LogP contribution in [0.2, 0.25) is 0 Å². The first-order chi connectivity index (χ1) is 8.96. The molecular weight excluding hydrogens is 234 g/mol. The third-order valence-corrected chi connectivity index (χ3v) is 3.12. The van der Waals surface area contributed by atoms with Gasteiger partial charge >= 0.3 is 0 Å². The number of hydrogen-bond acceptors (Lipinski definition) is 2. The lowest BCUT2D eigenvalue weighted by Crippen LogP contribution is -2.35. The summed E-state index contributed by atoms with van der Waals surface area (Å²) in [5, 5.41) is 3.52. The second-order valence-corrected chi connectivity index (χ2v) is 5.97. The average molecular weight is 257 g/mol. The average Bonchev–Trinajstić information content (AvgIpc) is 2.69. The van der Waals surface area contributed by atoms with Gasteiger partial charge in [-0.3, -0.25) is 0 Å². The highest BCUT2D eigenvalue weighted by atomic mass is 15.1. The smallest absolute Gasteiger partial charge is 0.106 e. The Hall–Kier alpha value is -1.61. The lowest BCUT2D eigenvalue weighted by molar-refractivity contribution is 0.416. The van der Waals surface area contributed by atoms with Crippen molar-refractivity contribution in [1.82, 2.24) is 14.9 Å². The first-order valence-corrected chi connectivity index (χ1v) is 6.76. The van der Waals surface area contributed by atoms with Gasteiger partial charge in [-0.1, -0.05) is 30.3 Å². The van der Waals surface area contributed by atoms with Crippen LogP contribution in [-0.4, -0.2) is 15.1 Å². The quantitative estimate of drug-likeness (QED) is 0.912. The standard InChI is InChI=1S/C16H23N3/c1-13-17-10-15(11-18-16(2,3)4)19(13)12-14-8-6-5-7-9-14/h5-10,18H,11-12H2,1-4H3. The Morgan fingerprint density at radius 3 is 2.47 bits per heavy atom. The molecule has 0 bridgehead atoms. The number of nitrogens with zero attached hydrogens (tertiary/aromatic N) is 2. The summed E-state index contributed by atoms with van der Waals surface area (Å²) in [6.07, 6.45) is 1.97. The zero-order chi connectivity index (χ0) is 13.9. The second-order valence-electron chi connectivity index (χ2n) is 5.97. The van der Waals surface area contributed by atoms with Crippen molar-refractivity contribution >= 4 is 0 Å². The van der Waals surface area contributed by atoms with E-state index in [1.807, 2.05) is 12.3 Å². The highest BCUT2D eigenvalue weighted by Gasteiger charge is 2.12. The minimum Gasteiger partial charge on any atom is -0.327 e. The van der Waals surface area contributed by atoms with E-state index in [2.05, 4.69) is 66.8 Å². The van der Waals surface area contributed by atoms with Gasteiger partial charge < -0.3 is 9.88 Å². The van der Waals surface area contributed by atoms with E-state index in [4.69, 9.17) is 0 Å². The van der Waals surface area contributed by atoms with Crippen LogP contribution in [-0.2, 0) is 13.1 Å². The maximum Gasteiger partial charge on any atom is 0.106 e. The van der Waals surface area contributed by atoms with E-state index in [1.54, 1.807) is 0 Å². The molecule has 0 aliphatic carbocycles. The molecule has 0 saturated heterocycles. The van der Waals surface area contributed by atoms with Gasteiger partial charge in [-0.05, 0) is 33.3 Å². The third kappa shape index (κ3) is 3.93. The van der Waals surface area contributed by atoms with Gasteiger partial charge in [0.15, 0.2) is 0 Å². The molecule has 0 unspecified atom stereocenters. The largest absolute Gasteiger partial charge is 0.327 e. The van der Waals surface area contributed by atoms with E-state index >= 15 is 0 Å². The highest BCUT2D eigenvalue weighted by Crippen LogP contribution is 2.11. The molecular formula is C16H23N3. The van der Waals surface area contributed by atoms with Gasteiger partial charge in [-0.2, -0.15) is 0 Å². The van der Waals surface area contributed by atoms with Crippen LogP contribution in [0, 0.1) is 6.92 Å². The van der Waals surface area contributed by atoms with Crippen LogP contribution in [0.15, 0.2) is 36.5 Å². The molecule has 19 heavy (non-hydrogen) atoms. The topological polar surface area (TPSA) is 29.9 Å². The molecule has 0 fully saturated rings. The summed E-state index contributed by atoms with van der Waals surface area (Å²) in [6, 6.07) is 10.5. The maximum absolute atomic E-state index is 4.44. The van der Waals surface area contributed by atoms with Crippen LogP contribution in [0.5, 0.6) is 0 Å². The summed E-state index contributed by atoms with van der Waals surface area (Å²) in [5.41, 5.74) is 2.66. The van der Waals surface area contributed by atoms with Crippen molar-refractivity contribution in [2.24, 2.45) is 0 Å². The lowest BCUT2D eigenvalue weighted by atomic mass is 10.1. The van der Waals surface area contributed by atoms with Gasteiger partial charge in [-0.15, -0.1) is 0 Å². The van der Waals surface area contributed by atoms with Gasteiger partial charge in [0.25, 0.3) is 0 Å². The van der Waals surface area contributed by atoms with Crippen molar-refractivity contribution in [3.63, 3.8) is 0 Å². The molecule has 0 atom stereocenters. The predicted octanol–water partition coefficient (Wildman–Crippen LogP) is 3.13. The van der Waals surface area contributed by atoms with E-state index in [9.17, 15) is 0 Å². The van der Waals surface area contributed by atoms with Crippen molar-refractivity contribution in [2.75, 3.05) is 0 Å². The number of aromatic nitrogens is 2. The summed E-state index contributed by atoms with van der Waals surface area (Å²) in [7, 11) is 0. The molecule has 1 aromatic carbocycles. The van der Waals surface area contributed by atoms with E-state index < -0.39 is 0 Å². The van der Waals surface area contributed by atoms with Crippen LogP contribution >= 0.6 is 0 Å². The van der Waals surface area contributed by atoms with Crippen LogP contribution in [0.1, 0.15) is 37.9 Å². The number of imidazole rings is 1. The van der Waals surface area contributed by atoms with Crippen molar-refractivity contribution in [1.29, 1.82) is 0 Å². The van der Waals surface area contributed by atoms with Gasteiger partial charge in [0, 0.05) is 24.8 Å². The summed E-state index contributed by atoms with van der Waals surface area (Å²) in [6.45, 7) is 10.3. The zero-order valence-electron chi connectivity index (χ0n) is 12.3. The van der Waals surface area contributed by atoms with Crippen LogP contribution in [0.25, 0.3) is 0 Å². The number of hydrogen-bond donors (Lipinski definition) is 1. The molecule has 1 N–H and O–H groups in total. The second kappa shape index (κ2) is 5.57. The Kier molecular flexibility index (Phi) is 4.05. The molecule has 3 heteroatoms. The van der Waals surface area contributed by atoms with Gasteiger partial charge in [0.2, 0.25) is 0 Å². The number of benzene rings is 1. The molecule has 0 aliphatic rings. The zero-order valence-corrected chi connectivity index (χ0v) is 12.3. The first-order valence-electron chi connectivity index (χ1n) is 6.76. The van der Waals surface area contributed by atoms with Crippen molar-refractivity contribution < 1.29 is 0 Å². The molecule has 0 saturated carbocycles. The molecule has 0 aliphatic heterocycles. The Morgan fingerprint density at radius 2 is 1.84 bits per heavy atom. The minimum atomic E-state index is 0.121. The predicted molar refractivity (Wildman–Crippen MR) is 79.1 cm³/mol. The molecule has 0 amide bonds. The summed E-state index contributed by atoms with van der Waals surface area (Å²) in [5.74, 6) is 1.06. The summed E-state index contributed by atoms with van der Waals surface area (Å²) < 4.78 is 2.27. The van der Waals surface area contributed by atoms with E-state index in [1.165, 1.54) is 11.3 Å². The highest BCUT2D eigenvalue weighted by molar-refractivity contribution is 5.17. The third-order valence-electron chi connectivity index (χ3n) is 3.12. The maximum atomic E-state index is 4.44. The normalized spacial score (nSPS) is 11.8. The molecule has 0 spiro atoms. The van der Waals surface area contributed by atoms with E-state index in [0.717, 1.165) is 18.9 Å². The van der Waals surface area contributed by atoms with Gasteiger partial charge in [-0.25, -0.2) is 4.98 Å². The fourth-order valence-corrected chi connectivity index (χ4v) is 1.99. The minimum absolute atomic E-state index is 0.121. The van der Waals surface area contributed by atoms with Crippen LogP contribution in [0.3, 0.4) is 0 Å². The van der Waals surface area contributed by atoms with E-state index in [0.29, 0.717) is 0 Å². The Morgan fingerprint density at radius 1 is 1.16 bits per heavy atom. The summed E-state index contributed by atoms with van der Waals surface area (Å²) in [4.78, 5) is 4.44. The first kappa shape index (κ1) is 13.8. The fourth-order valence-electron chi connectivity index (χ4n) is 1.99. The Balaban J connectivity index is 2.14. The number of nitrogens with one attached hydrogen (secondary N) is 1. The fraction of sp³-hybridized carbons (Fsp3) is 0.438. The SMILES string of the molecule is Cc1ncc(CNC(C)(C)C)n1Cc1ccccc1. The van der Waals surface area contributed by atoms with Crippen molar-refractivity contribution in [3.05, 3.63) is 53.6 Å². The molecule has 1 heterocycles. The van der Waals surface area contributed by atoms with Gasteiger partial charge in [0.05, 0.1) is 5.69 Å². The summed E-state index contributed by atoms with van der Waals surface area (Å²) >= 11 is 0. The molecule has 1 aromatic heterocycles. The molecule has 2 rings (SSSR count). The molecule has 0 radical (unpaired) electrons. The number of aryl methyl sites for hydroxylation is 1. The molecule has 2 aromatic rings. The Labute approximate surface area is 115 Å². The van der Waals surface area contributed by atoms with Crippen molar-refractivity contribution in [2.45, 2.75) is 46.3 Å².